The van der Waals surface area contributed by atoms with Gasteiger partial charge in [0.25, 0.3) is 5.91 Å². The Morgan fingerprint density at radius 2 is 1.80 bits per heavy atom. The lowest BCUT2D eigenvalue weighted by atomic mass is 9.91. The smallest absolute Gasteiger partial charge is 0.261 e. The number of nitrogens with one attached hydrogen (secondary N) is 2. The van der Waals surface area contributed by atoms with E-state index in [4.69, 9.17) is 9.97 Å². The van der Waals surface area contributed by atoms with E-state index in [2.05, 4.69) is 61.5 Å². The molecule has 2 aromatic heterocycles. The van der Waals surface area contributed by atoms with Gasteiger partial charge < -0.3 is 15.5 Å². The van der Waals surface area contributed by atoms with Crippen LogP contribution < -0.4 is 15.5 Å². The van der Waals surface area contributed by atoms with Gasteiger partial charge >= 0.3 is 0 Å². The molecule has 0 unspecified atom stereocenters. The van der Waals surface area contributed by atoms with Gasteiger partial charge in [-0.2, -0.15) is 4.98 Å². The van der Waals surface area contributed by atoms with Crippen molar-refractivity contribution >= 4 is 60.9 Å². The summed E-state index contributed by atoms with van der Waals surface area (Å²) in [6.07, 6.45) is 8.47. The Hall–Kier alpha value is -1.19. The summed E-state index contributed by atoms with van der Waals surface area (Å²) >= 11 is 8.35. The highest BCUT2D eigenvalue weighted by Crippen LogP contribution is 2.33. The van der Waals surface area contributed by atoms with E-state index in [0.29, 0.717) is 6.04 Å². The maximum absolute atomic E-state index is 12.5. The second kappa shape index (κ2) is 9.53. The molecule has 2 aliphatic carbocycles. The number of hydrogen-bond acceptors (Lipinski definition) is 6. The highest BCUT2D eigenvalue weighted by Gasteiger charge is 2.25. The summed E-state index contributed by atoms with van der Waals surface area (Å²) in [5.74, 6) is 1.81. The summed E-state index contributed by atoms with van der Waals surface area (Å²) in [6.45, 7) is 0. The number of carbonyl (C=O) groups excluding carboxylic acids is 1. The van der Waals surface area contributed by atoms with E-state index in [-0.39, 0.29) is 11.9 Å². The molecular formula is C21H27Br2N5OS. The van der Waals surface area contributed by atoms with Gasteiger partial charge in [0.15, 0.2) is 0 Å². The first kappa shape index (κ1) is 22.0. The number of nitrogens with zero attached hydrogens (tertiary/aromatic N) is 3. The van der Waals surface area contributed by atoms with Crippen LogP contribution in [0.25, 0.3) is 0 Å². The van der Waals surface area contributed by atoms with Gasteiger partial charge in [-0.25, -0.2) is 4.98 Å². The Kier molecular flexibility index (Phi) is 6.99. The number of rotatable bonds is 5. The quantitative estimate of drug-likeness (QED) is 0.532. The Morgan fingerprint density at radius 1 is 1.10 bits per heavy atom. The fourth-order valence-corrected chi connectivity index (χ4v) is 6.23. The molecule has 162 valence electrons. The Bertz CT molecular complexity index is 905. The molecule has 1 fully saturated rings. The number of fused-ring (bicyclic) bond motifs is 1. The normalized spacial score (nSPS) is 21.1. The van der Waals surface area contributed by atoms with Crippen LogP contribution in [0.15, 0.2) is 14.3 Å². The SMILES string of the molecule is CN(C)c1nc(NC2CCC(NC(=O)c3cc(Br)c(Br)s3)CC2)nc2c1CCCC2. The van der Waals surface area contributed by atoms with Gasteiger partial charge in [0, 0.05) is 36.2 Å². The second-order valence-corrected chi connectivity index (χ2v) is 11.5. The number of anilines is 2. The van der Waals surface area contributed by atoms with E-state index < -0.39 is 0 Å². The van der Waals surface area contributed by atoms with Crippen molar-refractivity contribution in [3.05, 3.63) is 30.5 Å². The minimum Gasteiger partial charge on any atom is -0.362 e. The van der Waals surface area contributed by atoms with Gasteiger partial charge in [-0.1, -0.05) is 0 Å². The third-order valence-electron chi connectivity index (χ3n) is 5.85. The third kappa shape index (κ3) is 4.99. The van der Waals surface area contributed by atoms with Gasteiger partial charge in [-0.3, -0.25) is 4.79 Å². The first-order chi connectivity index (χ1) is 14.4. The molecule has 2 heterocycles. The summed E-state index contributed by atoms with van der Waals surface area (Å²) in [7, 11) is 4.11. The number of aryl methyl sites for hydroxylation is 1. The molecule has 0 aromatic carbocycles. The third-order valence-corrected chi connectivity index (χ3v) is 9.10. The largest absolute Gasteiger partial charge is 0.362 e. The molecule has 2 N–H and O–H groups in total. The van der Waals surface area contributed by atoms with Crippen LogP contribution in [0.5, 0.6) is 0 Å². The Balaban J connectivity index is 1.35. The van der Waals surface area contributed by atoms with Gasteiger partial charge in [-0.05, 0) is 89.3 Å². The summed E-state index contributed by atoms with van der Waals surface area (Å²) < 4.78 is 1.87. The molecule has 0 bridgehead atoms. The van der Waals surface area contributed by atoms with Crippen LogP contribution in [-0.4, -0.2) is 42.1 Å². The van der Waals surface area contributed by atoms with Crippen molar-refractivity contribution in [1.82, 2.24) is 15.3 Å². The summed E-state index contributed by atoms with van der Waals surface area (Å²) in [6, 6.07) is 2.43. The van der Waals surface area contributed by atoms with Crippen LogP contribution in [0.3, 0.4) is 0 Å². The van der Waals surface area contributed by atoms with E-state index in [0.717, 1.165) is 63.4 Å². The van der Waals surface area contributed by atoms with Crippen LogP contribution in [0.4, 0.5) is 11.8 Å². The lowest BCUT2D eigenvalue weighted by Crippen LogP contribution is -2.40. The fourth-order valence-electron chi connectivity index (χ4n) is 4.29. The summed E-state index contributed by atoms with van der Waals surface area (Å²) in [5.41, 5.74) is 2.52. The zero-order valence-corrected chi connectivity index (χ0v) is 21.3. The van der Waals surface area contributed by atoms with Crippen molar-refractivity contribution in [3.8, 4) is 0 Å². The zero-order valence-electron chi connectivity index (χ0n) is 17.3. The van der Waals surface area contributed by atoms with Crippen molar-refractivity contribution < 1.29 is 4.79 Å². The number of thiophene rings is 1. The molecule has 1 amide bonds. The van der Waals surface area contributed by atoms with Crippen molar-refractivity contribution in [2.45, 2.75) is 63.5 Å². The van der Waals surface area contributed by atoms with Crippen molar-refractivity contribution in [3.63, 3.8) is 0 Å². The van der Waals surface area contributed by atoms with Gasteiger partial charge in [0.2, 0.25) is 5.95 Å². The van der Waals surface area contributed by atoms with Crippen molar-refractivity contribution in [1.29, 1.82) is 0 Å². The molecule has 1 saturated carbocycles. The van der Waals surface area contributed by atoms with Crippen LogP contribution in [-0.2, 0) is 12.8 Å². The summed E-state index contributed by atoms with van der Waals surface area (Å²) in [4.78, 5) is 25.0. The maximum Gasteiger partial charge on any atom is 0.261 e. The van der Waals surface area contributed by atoms with Crippen LogP contribution in [0, 0.1) is 0 Å². The molecule has 30 heavy (non-hydrogen) atoms. The molecule has 4 rings (SSSR count). The molecule has 9 heteroatoms. The molecule has 6 nitrogen and oxygen atoms in total. The standard InChI is InChI=1S/C21H27Br2N5OS/c1-28(2)19-14-5-3-4-6-16(14)26-21(27-19)25-13-9-7-12(8-10-13)24-20(29)17-11-15(22)18(23)30-17/h11-13H,3-10H2,1-2H3,(H,24,29)(H,25,26,27). The fraction of sp³-hybridized carbons (Fsp3) is 0.571. The molecule has 0 spiro atoms. The lowest BCUT2D eigenvalue weighted by Gasteiger charge is -2.30. The number of hydrogen-bond donors (Lipinski definition) is 2. The molecule has 2 aromatic rings. The number of aromatic nitrogens is 2. The molecule has 0 saturated heterocycles. The first-order valence-electron chi connectivity index (χ1n) is 10.5. The van der Waals surface area contributed by atoms with Crippen molar-refractivity contribution in [2.24, 2.45) is 0 Å². The predicted molar refractivity (Wildman–Crippen MR) is 130 cm³/mol. The highest BCUT2D eigenvalue weighted by molar-refractivity contribution is 9.13. The van der Waals surface area contributed by atoms with E-state index >= 15 is 0 Å². The van der Waals surface area contributed by atoms with Crippen LogP contribution in [0.2, 0.25) is 0 Å². The van der Waals surface area contributed by atoms with Gasteiger partial charge in [0.1, 0.15) is 5.82 Å². The zero-order chi connectivity index (χ0) is 21.3. The Morgan fingerprint density at radius 3 is 2.47 bits per heavy atom. The molecule has 0 atom stereocenters. The predicted octanol–water partition coefficient (Wildman–Crippen LogP) is 5.16. The van der Waals surface area contributed by atoms with E-state index in [1.165, 1.54) is 35.4 Å². The topological polar surface area (TPSA) is 70.2 Å². The monoisotopic (exact) mass is 555 g/mol. The van der Waals surface area contributed by atoms with Gasteiger partial charge in [0.05, 0.1) is 14.4 Å². The van der Waals surface area contributed by atoms with Crippen molar-refractivity contribution in [2.75, 3.05) is 24.3 Å². The minimum absolute atomic E-state index is 0.0106. The van der Waals surface area contributed by atoms with E-state index in [1.807, 2.05) is 6.07 Å². The Labute approximate surface area is 198 Å². The first-order valence-corrected chi connectivity index (χ1v) is 12.9. The van der Waals surface area contributed by atoms with Crippen LogP contribution in [0.1, 0.15) is 59.5 Å². The van der Waals surface area contributed by atoms with Gasteiger partial charge in [-0.15, -0.1) is 11.3 Å². The lowest BCUT2D eigenvalue weighted by molar-refractivity contribution is 0.0930. The second-order valence-electron chi connectivity index (χ2n) is 8.30. The maximum atomic E-state index is 12.5. The number of carbonyl (C=O) groups is 1. The molecule has 2 aliphatic rings. The number of amides is 1. The van der Waals surface area contributed by atoms with E-state index in [1.54, 1.807) is 0 Å². The van der Waals surface area contributed by atoms with E-state index in [9.17, 15) is 4.79 Å². The average Bonchev–Trinajstić information content (AvgIpc) is 3.07. The molecule has 0 radical (unpaired) electrons. The highest BCUT2D eigenvalue weighted by atomic mass is 79.9. The average molecular weight is 557 g/mol. The number of halogens is 2. The van der Waals surface area contributed by atoms with Crippen LogP contribution >= 0.6 is 43.2 Å². The molecule has 0 aliphatic heterocycles. The summed E-state index contributed by atoms with van der Waals surface area (Å²) in [5, 5.41) is 6.76. The molecular weight excluding hydrogens is 530 g/mol. The minimum atomic E-state index is 0.0106.